The molecule has 0 fully saturated rings. The number of hydrogen-bond acceptors (Lipinski definition) is 5. The van der Waals surface area contributed by atoms with Gasteiger partial charge < -0.3 is 4.74 Å². The van der Waals surface area contributed by atoms with Crippen molar-refractivity contribution >= 4 is 15.7 Å². The first-order valence-electron chi connectivity index (χ1n) is 11.1. The number of pyridine rings is 2. The second-order valence-electron chi connectivity index (χ2n) is 5.81. The van der Waals surface area contributed by atoms with Crippen molar-refractivity contribution in [3.63, 3.8) is 0 Å². The molecule has 0 unspecified atom stereocenters. The highest BCUT2D eigenvalue weighted by atomic mass is 32.2. The SMILES string of the molecule is CC.CC.CC.COc1ccc(C)cn1.Cc1cncc(NS(=O)(=O)c2ccc(F)cc2F)c1. The van der Waals surface area contributed by atoms with E-state index in [0.717, 1.165) is 23.3 Å². The lowest BCUT2D eigenvalue weighted by molar-refractivity contribution is 0.397. The molecule has 0 amide bonds. The van der Waals surface area contributed by atoms with Crippen LogP contribution in [-0.2, 0) is 10.0 Å². The number of benzene rings is 1. The van der Waals surface area contributed by atoms with Crippen molar-refractivity contribution in [2.24, 2.45) is 0 Å². The maximum absolute atomic E-state index is 13.5. The van der Waals surface area contributed by atoms with Crippen molar-refractivity contribution in [1.82, 2.24) is 9.97 Å². The molecule has 0 saturated carbocycles. The molecule has 0 aliphatic heterocycles. The first-order chi connectivity index (χ1) is 16.2. The standard InChI is InChI=1S/C12H10F2N2O2S.C7H9NO.3C2H6/c1-8-4-10(7-15-6-8)16-19(17,18)12-3-2-9(13)5-11(12)14;1-6-3-4-7(9-2)8-5-6;3*1-2/h2-7,16H,1H3;3-5H,1-2H3;3*1-2H3. The van der Waals surface area contributed by atoms with Crippen LogP contribution in [0.3, 0.4) is 0 Å². The van der Waals surface area contributed by atoms with Crippen LogP contribution in [0.4, 0.5) is 14.5 Å². The van der Waals surface area contributed by atoms with Crippen LogP contribution < -0.4 is 9.46 Å². The molecule has 3 aromatic rings. The summed E-state index contributed by atoms with van der Waals surface area (Å²) in [5.41, 5.74) is 2.11. The normalized spacial score (nSPS) is 9.26. The van der Waals surface area contributed by atoms with Crippen LogP contribution in [0.1, 0.15) is 52.7 Å². The number of anilines is 1. The Morgan fingerprint density at radius 1 is 0.824 bits per heavy atom. The number of hydrogen-bond donors (Lipinski definition) is 1. The van der Waals surface area contributed by atoms with Gasteiger partial charge in [-0.25, -0.2) is 22.2 Å². The molecule has 2 heterocycles. The fourth-order valence-electron chi connectivity index (χ4n) is 2.09. The third-order valence-electron chi connectivity index (χ3n) is 3.40. The van der Waals surface area contributed by atoms with Gasteiger partial charge in [0.2, 0.25) is 5.88 Å². The van der Waals surface area contributed by atoms with Gasteiger partial charge >= 0.3 is 0 Å². The quantitative estimate of drug-likeness (QED) is 0.422. The van der Waals surface area contributed by atoms with E-state index in [4.69, 9.17) is 4.74 Å². The molecule has 1 aromatic carbocycles. The number of sulfonamides is 1. The summed E-state index contributed by atoms with van der Waals surface area (Å²) < 4.78 is 57.1. The van der Waals surface area contributed by atoms with Crippen molar-refractivity contribution in [2.75, 3.05) is 11.8 Å². The molecule has 0 radical (unpaired) electrons. The van der Waals surface area contributed by atoms with Crippen molar-refractivity contribution in [3.05, 3.63) is 77.8 Å². The minimum atomic E-state index is -4.11. The van der Waals surface area contributed by atoms with E-state index in [-0.39, 0.29) is 5.69 Å². The minimum Gasteiger partial charge on any atom is -0.481 e. The Labute approximate surface area is 203 Å². The van der Waals surface area contributed by atoms with Crippen molar-refractivity contribution in [2.45, 2.75) is 60.3 Å². The van der Waals surface area contributed by atoms with Crippen molar-refractivity contribution in [3.8, 4) is 5.88 Å². The molecule has 3 rings (SSSR count). The molecule has 0 bridgehead atoms. The predicted octanol–water partition coefficient (Wildman–Crippen LogP) is 6.95. The number of nitrogens with one attached hydrogen (secondary N) is 1. The average molecular weight is 498 g/mol. The zero-order valence-electron chi connectivity index (χ0n) is 21.5. The van der Waals surface area contributed by atoms with Crippen LogP contribution in [0.5, 0.6) is 5.88 Å². The second-order valence-corrected chi connectivity index (χ2v) is 7.46. The van der Waals surface area contributed by atoms with Gasteiger partial charge in [-0.05, 0) is 43.2 Å². The van der Waals surface area contributed by atoms with E-state index in [2.05, 4.69) is 14.7 Å². The molecule has 34 heavy (non-hydrogen) atoms. The number of aryl methyl sites for hydroxylation is 2. The molecule has 2 aromatic heterocycles. The lowest BCUT2D eigenvalue weighted by atomic mass is 10.3. The molecule has 190 valence electrons. The molecule has 6 nitrogen and oxygen atoms in total. The number of nitrogens with zero attached hydrogens (tertiary/aromatic N) is 2. The maximum atomic E-state index is 13.5. The molecule has 0 aliphatic rings. The minimum absolute atomic E-state index is 0.212. The van der Waals surface area contributed by atoms with Gasteiger partial charge in [-0.3, -0.25) is 9.71 Å². The highest BCUT2D eigenvalue weighted by Crippen LogP contribution is 2.19. The number of halogens is 2. The lowest BCUT2D eigenvalue weighted by Crippen LogP contribution is -2.15. The van der Waals surface area contributed by atoms with E-state index >= 15 is 0 Å². The van der Waals surface area contributed by atoms with Gasteiger partial charge in [0.1, 0.15) is 16.5 Å². The first-order valence-corrected chi connectivity index (χ1v) is 12.6. The summed E-state index contributed by atoms with van der Waals surface area (Å²) in [6.07, 6.45) is 4.63. The van der Waals surface area contributed by atoms with E-state index in [1.165, 1.54) is 6.20 Å². The fourth-order valence-corrected chi connectivity index (χ4v) is 3.18. The molecule has 0 saturated heterocycles. The third-order valence-corrected chi connectivity index (χ3v) is 4.82. The summed E-state index contributed by atoms with van der Waals surface area (Å²) >= 11 is 0. The molecular formula is C25H37F2N3O3S. The third kappa shape index (κ3) is 12.2. The zero-order chi connectivity index (χ0) is 26.7. The monoisotopic (exact) mass is 497 g/mol. The van der Waals surface area contributed by atoms with Gasteiger partial charge in [0.15, 0.2) is 0 Å². The van der Waals surface area contributed by atoms with Gasteiger partial charge in [-0.1, -0.05) is 47.6 Å². The Morgan fingerprint density at radius 3 is 1.91 bits per heavy atom. The average Bonchev–Trinajstić information content (AvgIpc) is 2.83. The number of rotatable bonds is 4. The Balaban J connectivity index is 0. The molecule has 0 atom stereocenters. The molecule has 9 heteroatoms. The predicted molar refractivity (Wildman–Crippen MR) is 136 cm³/mol. The van der Waals surface area contributed by atoms with Gasteiger partial charge in [-0.15, -0.1) is 0 Å². The summed E-state index contributed by atoms with van der Waals surface area (Å²) in [5.74, 6) is -1.32. The van der Waals surface area contributed by atoms with Crippen molar-refractivity contribution in [1.29, 1.82) is 0 Å². The summed E-state index contributed by atoms with van der Waals surface area (Å²) in [6, 6.07) is 7.62. The molecule has 1 N–H and O–H groups in total. The topological polar surface area (TPSA) is 81.2 Å². The van der Waals surface area contributed by atoms with E-state index < -0.39 is 26.6 Å². The maximum Gasteiger partial charge on any atom is 0.264 e. The molecular weight excluding hydrogens is 460 g/mol. The number of ether oxygens (including phenoxy) is 1. The van der Waals surface area contributed by atoms with Gasteiger partial charge in [0.05, 0.1) is 19.0 Å². The number of methoxy groups -OCH3 is 1. The van der Waals surface area contributed by atoms with Crippen LogP contribution in [0, 0.1) is 25.5 Å². The Morgan fingerprint density at radius 2 is 1.44 bits per heavy atom. The molecule has 0 aliphatic carbocycles. The largest absolute Gasteiger partial charge is 0.481 e. The first kappa shape index (κ1) is 33.1. The van der Waals surface area contributed by atoms with Crippen molar-refractivity contribution < 1.29 is 21.9 Å². The van der Waals surface area contributed by atoms with Crippen LogP contribution in [0.2, 0.25) is 0 Å². The summed E-state index contributed by atoms with van der Waals surface area (Å²) in [5, 5.41) is 0. The summed E-state index contributed by atoms with van der Waals surface area (Å²) in [6.45, 7) is 15.7. The van der Waals surface area contributed by atoms with Gasteiger partial charge in [-0.2, -0.15) is 0 Å². The highest BCUT2D eigenvalue weighted by Gasteiger charge is 2.19. The van der Waals surface area contributed by atoms with E-state index in [1.54, 1.807) is 32.5 Å². The summed E-state index contributed by atoms with van der Waals surface area (Å²) in [7, 11) is -2.50. The summed E-state index contributed by atoms with van der Waals surface area (Å²) in [4.78, 5) is 7.18. The Bertz CT molecular complexity index is 1050. The van der Waals surface area contributed by atoms with Crippen LogP contribution in [-0.4, -0.2) is 25.5 Å². The second kappa shape index (κ2) is 18.4. The molecule has 0 spiro atoms. The van der Waals surface area contributed by atoms with Gasteiger partial charge in [0, 0.05) is 24.5 Å². The lowest BCUT2D eigenvalue weighted by Gasteiger charge is -2.09. The smallest absolute Gasteiger partial charge is 0.264 e. The van der Waals surface area contributed by atoms with E-state index in [0.29, 0.717) is 11.9 Å². The van der Waals surface area contributed by atoms with Gasteiger partial charge in [0.25, 0.3) is 10.0 Å². The number of aromatic nitrogens is 2. The van der Waals surface area contributed by atoms with Crippen LogP contribution in [0.15, 0.2) is 59.9 Å². The Hall–Kier alpha value is -3.07. The van der Waals surface area contributed by atoms with Crippen LogP contribution >= 0.6 is 0 Å². The zero-order valence-corrected chi connectivity index (χ0v) is 22.3. The Kier molecular flexibility index (Phi) is 17.9. The fraction of sp³-hybridized carbons (Fsp3) is 0.360. The highest BCUT2D eigenvalue weighted by molar-refractivity contribution is 7.92. The van der Waals surface area contributed by atoms with E-state index in [9.17, 15) is 17.2 Å². The van der Waals surface area contributed by atoms with Crippen LogP contribution in [0.25, 0.3) is 0 Å². The van der Waals surface area contributed by atoms with E-state index in [1.807, 2.05) is 60.6 Å².